The van der Waals surface area contributed by atoms with E-state index in [0.29, 0.717) is 29.2 Å². The largest absolute Gasteiger partial charge is 0.367 e. The molecule has 1 fully saturated rings. The van der Waals surface area contributed by atoms with E-state index in [-0.39, 0.29) is 17.2 Å². The second-order valence-corrected chi connectivity index (χ2v) is 8.11. The van der Waals surface area contributed by atoms with E-state index >= 15 is 0 Å². The second-order valence-electron chi connectivity index (χ2n) is 8.11. The van der Waals surface area contributed by atoms with Gasteiger partial charge in [0.25, 0.3) is 11.5 Å². The molecular weight excluding hydrogens is 408 g/mol. The fourth-order valence-electron chi connectivity index (χ4n) is 4.22. The topological polar surface area (TPSA) is 103 Å². The first-order chi connectivity index (χ1) is 15.4. The molecule has 1 aliphatic rings. The van der Waals surface area contributed by atoms with Crippen molar-refractivity contribution < 1.29 is 4.79 Å². The molecule has 1 aromatic carbocycles. The summed E-state index contributed by atoms with van der Waals surface area (Å²) >= 11 is 0. The highest BCUT2D eigenvalue weighted by atomic mass is 16.2. The molecule has 1 atom stereocenters. The number of pyridine rings is 1. The molecule has 9 heteroatoms. The van der Waals surface area contributed by atoms with Crippen LogP contribution in [0.2, 0.25) is 0 Å². The molecule has 0 aliphatic carbocycles. The lowest BCUT2D eigenvalue weighted by molar-refractivity contribution is 0.0958. The van der Waals surface area contributed by atoms with Crippen LogP contribution in [0, 0.1) is 0 Å². The molecule has 1 aliphatic heterocycles. The van der Waals surface area contributed by atoms with Gasteiger partial charge < -0.3 is 15.2 Å². The zero-order valence-electron chi connectivity index (χ0n) is 18.6. The Bertz CT molecular complexity index is 1250. The standard InChI is InChI=1S/C23H28N6O3/c1-4-29-22(31)18-7-5-16(11-20(18)26-23(29)32)14-27-9-10-28(13-15(27)2)17-6-8-19(25-12-17)21(30)24-3/h5-8,11-12,15H,4,9-10,13-14H2,1-3H3,(H,24,30)(H,26,32)/t15-/m1/s1. The van der Waals surface area contributed by atoms with Gasteiger partial charge in [-0.05, 0) is 43.7 Å². The van der Waals surface area contributed by atoms with Crippen LogP contribution >= 0.6 is 0 Å². The van der Waals surface area contributed by atoms with E-state index in [4.69, 9.17) is 0 Å². The first-order valence-corrected chi connectivity index (χ1v) is 10.8. The van der Waals surface area contributed by atoms with Gasteiger partial charge in [-0.3, -0.25) is 19.1 Å². The molecule has 0 bridgehead atoms. The predicted octanol–water partition coefficient (Wildman–Crippen LogP) is 1.18. The van der Waals surface area contributed by atoms with E-state index < -0.39 is 0 Å². The van der Waals surface area contributed by atoms with E-state index in [2.05, 4.69) is 32.0 Å². The third-order valence-corrected chi connectivity index (χ3v) is 6.09. The van der Waals surface area contributed by atoms with Gasteiger partial charge in [0, 0.05) is 45.8 Å². The Labute approximate surface area is 185 Å². The van der Waals surface area contributed by atoms with Crippen LogP contribution in [0.25, 0.3) is 10.9 Å². The number of aromatic nitrogens is 3. The lowest BCUT2D eigenvalue weighted by atomic mass is 10.1. The van der Waals surface area contributed by atoms with Gasteiger partial charge >= 0.3 is 5.69 Å². The monoisotopic (exact) mass is 436 g/mol. The Hall–Kier alpha value is -3.46. The molecule has 1 saturated heterocycles. The summed E-state index contributed by atoms with van der Waals surface area (Å²) in [4.78, 5) is 48.1. The van der Waals surface area contributed by atoms with Crippen LogP contribution < -0.4 is 21.5 Å². The fourth-order valence-corrected chi connectivity index (χ4v) is 4.22. The quantitative estimate of drug-likeness (QED) is 0.623. The molecule has 3 aromatic rings. The van der Waals surface area contributed by atoms with Crippen molar-refractivity contribution in [2.24, 2.45) is 0 Å². The fraction of sp³-hybridized carbons (Fsp3) is 0.391. The Morgan fingerprint density at radius 1 is 1.22 bits per heavy atom. The van der Waals surface area contributed by atoms with Crippen molar-refractivity contribution in [3.8, 4) is 0 Å². The molecule has 168 valence electrons. The number of hydrogen-bond donors (Lipinski definition) is 2. The maximum Gasteiger partial charge on any atom is 0.328 e. The molecule has 4 rings (SSSR count). The number of carbonyl (C=O) groups excluding carboxylic acids is 1. The normalized spacial score (nSPS) is 17.0. The third kappa shape index (κ3) is 4.16. The van der Waals surface area contributed by atoms with Crippen LogP contribution in [0.3, 0.4) is 0 Å². The first kappa shape index (κ1) is 21.8. The highest BCUT2D eigenvalue weighted by molar-refractivity contribution is 5.92. The number of anilines is 1. The maximum atomic E-state index is 12.5. The highest BCUT2D eigenvalue weighted by Gasteiger charge is 2.24. The number of aromatic amines is 1. The first-order valence-electron chi connectivity index (χ1n) is 10.8. The van der Waals surface area contributed by atoms with Crippen LogP contribution in [0.4, 0.5) is 5.69 Å². The van der Waals surface area contributed by atoms with Crippen molar-refractivity contribution >= 4 is 22.5 Å². The number of fused-ring (bicyclic) bond motifs is 1. The van der Waals surface area contributed by atoms with E-state index in [1.165, 1.54) is 4.57 Å². The SMILES string of the molecule is CCn1c(=O)[nH]c2cc(CN3CCN(c4ccc(C(=O)NC)nc4)C[C@H]3C)ccc2c1=O. The summed E-state index contributed by atoms with van der Waals surface area (Å²) in [5.41, 5.74) is 2.41. The number of H-pyrrole nitrogens is 1. The summed E-state index contributed by atoms with van der Waals surface area (Å²) in [7, 11) is 1.59. The number of amides is 1. The Morgan fingerprint density at radius 2 is 2.03 bits per heavy atom. The van der Waals surface area contributed by atoms with Crippen molar-refractivity contribution in [2.75, 3.05) is 31.6 Å². The summed E-state index contributed by atoms with van der Waals surface area (Å²) in [5.74, 6) is -0.194. The van der Waals surface area contributed by atoms with Crippen LogP contribution in [-0.4, -0.2) is 58.1 Å². The average Bonchev–Trinajstić information content (AvgIpc) is 2.80. The third-order valence-electron chi connectivity index (χ3n) is 6.09. The molecule has 3 heterocycles. The summed E-state index contributed by atoms with van der Waals surface area (Å²) in [6, 6.07) is 9.64. The molecule has 0 saturated carbocycles. The molecule has 0 unspecified atom stereocenters. The molecule has 32 heavy (non-hydrogen) atoms. The van der Waals surface area contributed by atoms with Gasteiger partial charge in [0.1, 0.15) is 5.69 Å². The van der Waals surface area contributed by atoms with Crippen LogP contribution in [0.1, 0.15) is 29.9 Å². The van der Waals surface area contributed by atoms with Crippen molar-refractivity contribution in [3.05, 3.63) is 68.6 Å². The lowest BCUT2D eigenvalue weighted by Crippen LogP contribution is -2.51. The number of benzene rings is 1. The summed E-state index contributed by atoms with van der Waals surface area (Å²) in [5, 5.41) is 3.11. The lowest BCUT2D eigenvalue weighted by Gasteiger charge is -2.41. The minimum Gasteiger partial charge on any atom is -0.367 e. The number of nitrogens with zero attached hydrogens (tertiary/aromatic N) is 4. The number of nitrogens with one attached hydrogen (secondary N) is 2. The van der Waals surface area contributed by atoms with E-state index in [1.54, 1.807) is 32.3 Å². The van der Waals surface area contributed by atoms with Crippen molar-refractivity contribution in [1.29, 1.82) is 0 Å². The summed E-state index contributed by atoms with van der Waals surface area (Å²) in [6.07, 6.45) is 1.75. The molecule has 9 nitrogen and oxygen atoms in total. The van der Waals surface area contributed by atoms with Crippen molar-refractivity contribution in [1.82, 2.24) is 24.8 Å². The maximum absolute atomic E-state index is 12.5. The molecule has 0 spiro atoms. The molecule has 2 N–H and O–H groups in total. The number of rotatable bonds is 5. The molecule has 0 radical (unpaired) electrons. The van der Waals surface area contributed by atoms with E-state index in [0.717, 1.165) is 37.4 Å². The van der Waals surface area contributed by atoms with Gasteiger partial charge in [-0.25, -0.2) is 9.78 Å². The minimum absolute atomic E-state index is 0.194. The number of hydrogen-bond acceptors (Lipinski definition) is 6. The Balaban J connectivity index is 1.46. The van der Waals surface area contributed by atoms with Gasteiger partial charge in [-0.15, -0.1) is 0 Å². The summed E-state index contributed by atoms with van der Waals surface area (Å²) in [6.45, 7) is 7.59. The van der Waals surface area contributed by atoms with Gasteiger partial charge in [-0.1, -0.05) is 6.07 Å². The van der Waals surface area contributed by atoms with Crippen LogP contribution in [0.15, 0.2) is 46.1 Å². The molecular formula is C23H28N6O3. The van der Waals surface area contributed by atoms with Gasteiger partial charge in [0.15, 0.2) is 0 Å². The molecule has 1 amide bonds. The van der Waals surface area contributed by atoms with Gasteiger partial charge in [0.05, 0.1) is 22.8 Å². The van der Waals surface area contributed by atoms with Crippen molar-refractivity contribution in [2.45, 2.75) is 33.0 Å². The average molecular weight is 437 g/mol. The number of carbonyl (C=O) groups is 1. The Morgan fingerprint density at radius 3 is 2.69 bits per heavy atom. The predicted molar refractivity (Wildman–Crippen MR) is 124 cm³/mol. The zero-order valence-corrected chi connectivity index (χ0v) is 18.6. The van der Waals surface area contributed by atoms with E-state index in [1.807, 2.05) is 18.2 Å². The molecule has 2 aromatic heterocycles. The highest BCUT2D eigenvalue weighted by Crippen LogP contribution is 2.21. The van der Waals surface area contributed by atoms with Crippen molar-refractivity contribution in [3.63, 3.8) is 0 Å². The van der Waals surface area contributed by atoms with Gasteiger partial charge in [-0.2, -0.15) is 0 Å². The number of piperazine rings is 1. The Kier molecular flexibility index (Phi) is 6.09. The second kappa shape index (κ2) is 8.96. The van der Waals surface area contributed by atoms with Gasteiger partial charge in [0.2, 0.25) is 0 Å². The summed E-state index contributed by atoms with van der Waals surface area (Å²) < 4.78 is 1.21. The zero-order chi connectivity index (χ0) is 22.8. The van der Waals surface area contributed by atoms with Crippen LogP contribution in [-0.2, 0) is 13.1 Å². The van der Waals surface area contributed by atoms with Crippen LogP contribution in [0.5, 0.6) is 0 Å². The smallest absolute Gasteiger partial charge is 0.328 e. The minimum atomic E-state index is -0.375. The van der Waals surface area contributed by atoms with E-state index in [9.17, 15) is 14.4 Å².